The van der Waals surface area contributed by atoms with Crippen molar-refractivity contribution in [3.05, 3.63) is 77.9 Å². The number of anilines is 1. The molecule has 10 heteroatoms. The Hall–Kier alpha value is -4.44. The van der Waals surface area contributed by atoms with E-state index >= 15 is 0 Å². The molecule has 1 aliphatic rings. The lowest BCUT2D eigenvalue weighted by atomic mass is 9.98. The SMILES string of the molecule is COc1ccc(N(C(=O)Cn2nnc3ccccc32)[C@@H](C(=O)NC[C@@H]2CCCO2)c2ccccc2C)cc1OC. The van der Waals surface area contributed by atoms with Crippen molar-refractivity contribution in [2.45, 2.75) is 38.5 Å². The van der Waals surface area contributed by atoms with E-state index in [0.717, 1.165) is 23.9 Å². The molecule has 0 aliphatic carbocycles. The molecule has 2 atom stereocenters. The predicted molar refractivity (Wildman–Crippen MR) is 150 cm³/mol. The Bertz CT molecular complexity index is 1500. The number of carbonyl (C=O) groups excluding carboxylic acids is 2. The standard InChI is InChI=1S/C30H33N5O5/c1-20-9-4-5-11-23(20)29(30(37)31-18-22-10-8-16-40-22)35(21-14-15-26(38-2)27(17-21)39-3)28(36)19-34-25-13-7-6-12-24(25)32-33-34/h4-7,9,11-15,17,22,29H,8,10,16,18-19H2,1-3H3,(H,31,37)/t22-,29+/m0/s1. The van der Waals surface area contributed by atoms with Crippen LogP contribution in [0.25, 0.3) is 11.0 Å². The quantitative estimate of drug-likeness (QED) is 0.324. The van der Waals surface area contributed by atoms with Crippen LogP contribution < -0.4 is 19.7 Å². The number of amides is 2. The largest absolute Gasteiger partial charge is 0.493 e. The molecule has 2 amide bonds. The monoisotopic (exact) mass is 543 g/mol. The summed E-state index contributed by atoms with van der Waals surface area (Å²) in [7, 11) is 3.08. The number of nitrogens with one attached hydrogen (secondary N) is 1. The maximum Gasteiger partial charge on any atom is 0.249 e. The zero-order valence-electron chi connectivity index (χ0n) is 22.9. The third-order valence-corrected chi connectivity index (χ3v) is 7.14. The lowest BCUT2D eigenvalue weighted by molar-refractivity contribution is -0.127. The van der Waals surface area contributed by atoms with Crippen LogP contribution in [0, 0.1) is 6.92 Å². The number of para-hydroxylation sites is 1. The summed E-state index contributed by atoms with van der Waals surface area (Å²) in [6, 6.07) is 19.2. The van der Waals surface area contributed by atoms with Crippen LogP contribution >= 0.6 is 0 Å². The van der Waals surface area contributed by atoms with Gasteiger partial charge in [-0.1, -0.05) is 41.6 Å². The molecule has 0 spiro atoms. The van der Waals surface area contributed by atoms with Crippen LogP contribution in [0.5, 0.6) is 11.5 Å². The number of hydrogen-bond acceptors (Lipinski definition) is 7. The minimum absolute atomic E-state index is 0.0479. The first-order chi connectivity index (χ1) is 19.5. The van der Waals surface area contributed by atoms with E-state index in [1.807, 2.05) is 55.5 Å². The molecule has 0 unspecified atom stereocenters. The second-order valence-corrected chi connectivity index (χ2v) is 9.68. The van der Waals surface area contributed by atoms with Gasteiger partial charge in [0.15, 0.2) is 11.5 Å². The summed E-state index contributed by atoms with van der Waals surface area (Å²) < 4.78 is 18.2. The van der Waals surface area contributed by atoms with E-state index in [0.29, 0.717) is 41.4 Å². The average molecular weight is 544 g/mol. The van der Waals surface area contributed by atoms with E-state index in [2.05, 4.69) is 15.6 Å². The third-order valence-electron chi connectivity index (χ3n) is 7.14. The molecule has 208 valence electrons. The molecule has 3 aromatic carbocycles. The van der Waals surface area contributed by atoms with Gasteiger partial charge in [0, 0.05) is 24.9 Å². The predicted octanol–water partition coefficient (Wildman–Crippen LogP) is 3.83. The summed E-state index contributed by atoms with van der Waals surface area (Å²) in [6.07, 6.45) is 1.80. The molecule has 0 bridgehead atoms. The van der Waals surface area contributed by atoms with Crippen LogP contribution in [0.4, 0.5) is 5.69 Å². The van der Waals surface area contributed by atoms with Crippen LogP contribution in [-0.2, 0) is 20.9 Å². The average Bonchev–Trinajstić information content (AvgIpc) is 3.65. The molecule has 0 saturated carbocycles. The first-order valence-electron chi connectivity index (χ1n) is 13.3. The zero-order chi connectivity index (χ0) is 28.1. The Kier molecular flexibility index (Phi) is 8.26. The van der Waals surface area contributed by atoms with E-state index in [4.69, 9.17) is 14.2 Å². The number of benzene rings is 3. The van der Waals surface area contributed by atoms with E-state index < -0.39 is 6.04 Å². The number of rotatable bonds is 10. The number of methoxy groups -OCH3 is 2. The van der Waals surface area contributed by atoms with Crippen LogP contribution in [0.2, 0.25) is 0 Å². The molecule has 10 nitrogen and oxygen atoms in total. The highest BCUT2D eigenvalue weighted by atomic mass is 16.5. The summed E-state index contributed by atoms with van der Waals surface area (Å²) in [5.74, 6) is 0.295. The number of nitrogens with zero attached hydrogens (tertiary/aromatic N) is 4. The fraction of sp³-hybridized carbons (Fsp3) is 0.333. The van der Waals surface area contributed by atoms with Gasteiger partial charge in [-0.05, 0) is 55.2 Å². The maximum atomic E-state index is 14.3. The molecule has 1 aromatic heterocycles. The molecule has 2 heterocycles. The summed E-state index contributed by atoms with van der Waals surface area (Å²) in [5, 5.41) is 11.5. The van der Waals surface area contributed by atoms with Gasteiger partial charge in [-0.3, -0.25) is 14.5 Å². The number of carbonyl (C=O) groups is 2. The topological polar surface area (TPSA) is 108 Å². The Morgan fingerprint density at radius 3 is 2.60 bits per heavy atom. The number of aromatic nitrogens is 3. The van der Waals surface area contributed by atoms with Crippen molar-refractivity contribution in [2.24, 2.45) is 0 Å². The van der Waals surface area contributed by atoms with Gasteiger partial charge < -0.3 is 19.5 Å². The molecule has 5 rings (SSSR count). The lowest BCUT2D eigenvalue weighted by Crippen LogP contribution is -2.47. The van der Waals surface area contributed by atoms with E-state index in [9.17, 15) is 9.59 Å². The maximum absolute atomic E-state index is 14.3. The van der Waals surface area contributed by atoms with Crippen molar-refractivity contribution in [3.63, 3.8) is 0 Å². The van der Waals surface area contributed by atoms with Crippen LogP contribution in [0.15, 0.2) is 66.7 Å². The summed E-state index contributed by atoms with van der Waals surface area (Å²) in [6.45, 7) is 2.85. The van der Waals surface area contributed by atoms with Gasteiger partial charge in [-0.2, -0.15) is 0 Å². The molecular formula is C30H33N5O5. The molecule has 0 radical (unpaired) electrons. The first kappa shape index (κ1) is 27.1. The molecule has 1 fully saturated rings. The minimum atomic E-state index is -0.969. The van der Waals surface area contributed by atoms with Gasteiger partial charge in [-0.15, -0.1) is 5.10 Å². The highest BCUT2D eigenvalue weighted by Crippen LogP contribution is 2.36. The van der Waals surface area contributed by atoms with Gasteiger partial charge in [0.1, 0.15) is 18.1 Å². The van der Waals surface area contributed by atoms with Gasteiger partial charge in [0.05, 0.1) is 25.8 Å². The van der Waals surface area contributed by atoms with Gasteiger partial charge >= 0.3 is 0 Å². The number of fused-ring (bicyclic) bond motifs is 1. The smallest absolute Gasteiger partial charge is 0.249 e. The van der Waals surface area contributed by atoms with E-state index in [1.54, 1.807) is 30.0 Å². The van der Waals surface area contributed by atoms with Crippen molar-refractivity contribution in [1.82, 2.24) is 20.3 Å². The van der Waals surface area contributed by atoms with Crippen molar-refractivity contribution in [1.29, 1.82) is 0 Å². The summed E-state index contributed by atoms with van der Waals surface area (Å²) in [4.78, 5) is 29.8. The Balaban J connectivity index is 1.59. The second-order valence-electron chi connectivity index (χ2n) is 9.68. The highest BCUT2D eigenvalue weighted by Gasteiger charge is 2.35. The molecule has 1 aliphatic heterocycles. The van der Waals surface area contributed by atoms with Crippen LogP contribution in [0.3, 0.4) is 0 Å². The van der Waals surface area contributed by atoms with Crippen molar-refractivity contribution in [2.75, 3.05) is 32.3 Å². The molecule has 4 aromatic rings. The minimum Gasteiger partial charge on any atom is -0.493 e. The molecule has 1 saturated heterocycles. The van der Waals surface area contributed by atoms with Gasteiger partial charge in [0.25, 0.3) is 0 Å². The van der Waals surface area contributed by atoms with Crippen LogP contribution in [0.1, 0.15) is 30.0 Å². The number of ether oxygens (including phenoxy) is 3. The summed E-state index contributed by atoms with van der Waals surface area (Å²) in [5.41, 5.74) is 3.46. The highest BCUT2D eigenvalue weighted by molar-refractivity contribution is 6.02. The normalized spacial score (nSPS) is 15.5. The zero-order valence-corrected chi connectivity index (χ0v) is 22.9. The second kappa shape index (κ2) is 12.2. The summed E-state index contributed by atoms with van der Waals surface area (Å²) >= 11 is 0. The van der Waals surface area contributed by atoms with Gasteiger partial charge in [0.2, 0.25) is 11.8 Å². The molecular weight excluding hydrogens is 510 g/mol. The Morgan fingerprint density at radius 1 is 1.07 bits per heavy atom. The third kappa shape index (κ3) is 5.62. The number of aryl methyl sites for hydroxylation is 1. The lowest BCUT2D eigenvalue weighted by Gasteiger charge is -2.33. The number of hydrogen-bond donors (Lipinski definition) is 1. The fourth-order valence-electron chi connectivity index (χ4n) is 5.06. The Labute approximate surface area is 232 Å². The molecule has 1 N–H and O–H groups in total. The van der Waals surface area contributed by atoms with Crippen LogP contribution in [-0.4, -0.2) is 60.3 Å². The van der Waals surface area contributed by atoms with E-state index in [1.165, 1.54) is 12.0 Å². The first-order valence-corrected chi connectivity index (χ1v) is 13.3. The van der Waals surface area contributed by atoms with Gasteiger partial charge in [-0.25, -0.2) is 4.68 Å². The van der Waals surface area contributed by atoms with E-state index in [-0.39, 0.29) is 24.5 Å². The van der Waals surface area contributed by atoms with Crippen molar-refractivity contribution >= 4 is 28.5 Å². The fourth-order valence-corrected chi connectivity index (χ4v) is 5.06. The molecule has 40 heavy (non-hydrogen) atoms. The Morgan fingerprint density at radius 2 is 1.85 bits per heavy atom. The van der Waals surface area contributed by atoms with Crippen molar-refractivity contribution in [3.8, 4) is 11.5 Å². The van der Waals surface area contributed by atoms with Crippen molar-refractivity contribution < 1.29 is 23.8 Å².